The smallest absolute Gasteiger partial charge is 0.255 e. The van der Waals surface area contributed by atoms with E-state index in [1.54, 1.807) is 0 Å². The van der Waals surface area contributed by atoms with E-state index in [9.17, 15) is 9.18 Å². The second kappa shape index (κ2) is 7.85. The maximum atomic E-state index is 13.0. The van der Waals surface area contributed by atoms with Crippen LogP contribution in [0.1, 0.15) is 17.3 Å². The van der Waals surface area contributed by atoms with Crippen LogP contribution < -0.4 is 10.2 Å². The highest BCUT2D eigenvalue weighted by Gasteiger charge is 2.21. The summed E-state index contributed by atoms with van der Waals surface area (Å²) in [5.74, 6) is -0.649. The topological polar surface area (TPSA) is 35.6 Å². The van der Waals surface area contributed by atoms with Gasteiger partial charge in [0, 0.05) is 31.7 Å². The number of amides is 1. The standard InChI is InChI=1S/C19H21ClFN3O/c1-2-23-10-12-24(13-11-23)18-16(20)4-3-5-17(18)22-19(25)14-6-8-15(21)9-7-14/h3-9H,2,10-13H2,1H3,(H,22,25). The van der Waals surface area contributed by atoms with Crippen LogP contribution in [-0.4, -0.2) is 43.5 Å². The Labute approximate surface area is 152 Å². The van der Waals surface area contributed by atoms with Crippen LogP contribution in [0.3, 0.4) is 0 Å². The number of piperazine rings is 1. The number of nitrogens with zero attached hydrogens (tertiary/aromatic N) is 2. The zero-order chi connectivity index (χ0) is 17.8. The van der Waals surface area contributed by atoms with Gasteiger partial charge in [-0.25, -0.2) is 4.39 Å². The quantitative estimate of drug-likeness (QED) is 0.897. The number of anilines is 2. The van der Waals surface area contributed by atoms with E-state index < -0.39 is 0 Å². The first-order valence-electron chi connectivity index (χ1n) is 8.41. The third-order valence-electron chi connectivity index (χ3n) is 4.48. The first-order chi connectivity index (χ1) is 12.1. The molecule has 0 unspecified atom stereocenters. The van der Waals surface area contributed by atoms with Gasteiger partial charge in [0.2, 0.25) is 0 Å². The van der Waals surface area contributed by atoms with Gasteiger partial charge in [-0.1, -0.05) is 24.6 Å². The molecule has 1 heterocycles. The van der Waals surface area contributed by atoms with Crippen molar-refractivity contribution in [3.63, 3.8) is 0 Å². The first kappa shape index (κ1) is 17.7. The van der Waals surface area contributed by atoms with Crippen molar-refractivity contribution in [1.82, 2.24) is 4.90 Å². The third-order valence-corrected chi connectivity index (χ3v) is 4.78. The zero-order valence-electron chi connectivity index (χ0n) is 14.1. The van der Waals surface area contributed by atoms with E-state index in [-0.39, 0.29) is 11.7 Å². The Morgan fingerprint density at radius 3 is 2.44 bits per heavy atom. The summed E-state index contributed by atoms with van der Waals surface area (Å²) in [7, 11) is 0. The van der Waals surface area contributed by atoms with Crippen molar-refractivity contribution in [2.24, 2.45) is 0 Å². The van der Waals surface area contributed by atoms with Crippen LogP contribution in [0.25, 0.3) is 0 Å². The molecule has 1 N–H and O–H groups in total. The Balaban J connectivity index is 1.81. The van der Waals surface area contributed by atoms with E-state index in [1.165, 1.54) is 24.3 Å². The summed E-state index contributed by atoms with van der Waals surface area (Å²) < 4.78 is 13.0. The van der Waals surface area contributed by atoms with Gasteiger partial charge in [0.05, 0.1) is 16.4 Å². The van der Waals surface area contributed by atoms with Crippen LogP contribution in [0.4, 0.5) is 15.8 Å². The molecule has 1 saturated heterocycles. The molecule has 1 amide bonds. The van der Waals surface area contributed by atoms with Crippen LogP contribution in [0.15, 0.2) is 42.5 Å². The number of carbonyl (C=O) groups is 1. The number of hydrogen-bond acceptors (Lipinski definition) is 3. The summed E-state index contributed by atoms with van der Waals surface area (Å²) in [5.41, 5.74) is 1.92. The van der Waals surface area contributed by atoms with Crippen LogP contribution in [0.2, 0.25) is 5.02 Å². The van der Waals surface area contributed by atoms with E-state index in [4.69, 9.17) is 11.6 Å². The van der Waals surface area contributed by atoms with Gasteiger partial charge in [0.1, 0.15) is 5.82 Å². The number of rotatable bonds is 4. The molecular formula is C19H21ClFN3O. The average Bonchev–Trinajstić information content (AvgIpc) is 2.62. The Hall–Kier alpha value is -2.11. The average molecular weight is 362 g/mol. The van der Waals surface area contributed by atoms with Gasteiger partial charge >= 0.3 is 0 Å². The third kappa shape index (κ3) is 4.11. The molecule has 1 aliphatic heterocycles. The molecule has 132 valence electrons. The number of likely N-dealkylation sites (N-methyl/N-ethyl adjacent to an activating group) is 1. The Kier molecular flexibility index (Phi) is 5.56. The molecule has 2 aromatic rings. The van der Waals surface area contributed by atoms with Gasteiger partial charge in [0.15, 0.2) is 0 Å². The lowest BCUT2D eigenvalue weighted by atomic mass is 10.1. The van der Waals surface area contributed by atoms with E-state index in [0.29, 0.717) is 16.3 Å². The van der Waals surface area contributed by atoms with Crippen molar-refractivity contribution < 1.29 is 9.18 Å². The van der Waals surface area contributed by atoms with E-state index in [2.05, 4.69) is 22.0 Å². The molecule has 0 bridgehead atoms. The summed E-state index contributed by atoms with van der Waals surface area (Å²) in [5, 5.41) is 3.52. The van der Waals surface area contributed by atoms with E-state index >= 15 is 0 Å². The number of benzene rings is 2. The SMILES string of the molecule is CCN1CCN(c2c(Cl)cccc2NC(=O)c2ccc(F)cc2)CC1. The molecule has 0 aliphatic carbocycles. The number of carbonyl (C=O) groups excluding carboxylic acids is 1. The predicted octanol–water partition coefficient (Wildman–Crippen LogP) is 3.87. The van der Waals surface area contributed by atoms with Crippen molar-refractivity contribution >= 4 is 28.9 Å². The van der Waals surface area contributed by atoms with Crippen molar-refractivity contribution in [1.29, 1.82) is 0 Å². The van der Waals surface area contributed by atoms with Crippen molar-refractivity contribution in [3.8, 4) is 0 Å². The number of halogens is 2. The van der Waals surface area contributed by atoms with Crippen LogP contribution in [-0.2, 0) is 0 Å². The molecule has 2 aromatic carbocycles. The van der Waals surface area contributed by atoms with Gasteiger partial charge in [-0.15, -0.1) is 0 Å². The van der Waals surface area contributed by atoms with Gasteiger partial charge in [0.25, 0.3) is 5.91 Å². The highest BCUT2D eigenvalue weighted by Crippen LogP contribution is 2.34. The predicted molar refractivity (Wildman–Crippen MR) is 100 cm³/mol. The monoisotopic (exact) mass is 361 g/mol. The largest absolute Gasteiger partial charge is 0.366 e. The van der Waals surface area contributed by atoms with Gasteiger partial charge in [-0.3, -0.25) is 4.79 Å². The Morgan fingerprint density at radius 1 is 1.12 bits per heavy atom. The van der Waals surface area contributed by atoms with Crippen LogP contribution in [0, 0.1) is 5.82 Å². The minimum atomic E-state index is -0.367. The summed E-state index contributed by atoms with van der Waals surface area (Å²) in [6.07, 6.45) is 0. The molecule has 0 saturated carbocycles. The molecule has 1 fully saturated rings. The summed E-state index contributed by atoms with van der Waals surface area (Å²) in [4.78, 5) is 17.0. The number of nitrogens with one attached hydrogen (secondary N) is 1. The summed E-state index contributed by atoms with van der Waals surface area (Å²) >= 11 is 6.43. The highest BCUT2D eigenvalue weighted by atomic mass is 35.5. The summed E-state index contributed by atoms with van der Waals surface area (Å²) in [6.45, 7) is 6.83. The van der Waals surface area contributed by atoms with Crippen molar-refractivity contribution in [3.05, 3.63) is 58.9 Å². The first-order valence-corrected chi connectivity index (χ1v) is 8.79. The Bertz CT molecular complexity index is 743. The fourth-order valence-corrected chi connectivity index (χ4v) is 3.32. The second-order valence-corrected chi connectivity index (χ2v) is 6.43. The van der Waals surface area contributed by atoms with Gasteiger partial charge in [-0.05, 0) is 42.9 Å². The number of para-hydroxylation sites is 1. The molecule has 1 aliphatic rings. The lowest BCUT2D eigenvalue weighted by Gasteiger charge is -2.36. The highest BCUT2D eigenvalue weighted by molar-refractivity contribution is 6.34. The van der Waals surface area contributed by atoms with Crippen LogP contribution >= 0.6 is 11.6 Å². The molecule has 0 atom stereocenters. The minimum absolute atomic E-state index is 0.282. The molecule has 6 heteroatoms. The zero-order valence-corrected chi connectivity index (χ0v) is 14.9. The van der Waals surface area contributed by atoms with Gasteiger partial charge < -0.3 is 15.1 Å². The maximum absolute atomic E-state index is 13.0. The summed E-state index contributed by atoms with van der Waals surface area (Å²) in [6, 6.07) is 11.0. The molecule has 0 spiro atoms. The molecular weight excluding hydrogens is 341 g/mol. The second-order valence-electron chi connectivity index (χ2n) is 6.02. The lowest BCUT2D eigenvalue weighted by Crippen LogP contribution is -2.46. The fourth-order valence-electron chi connectivity index (χ4n) is 3.02. The van der Waals surface area contributed by atoms with E-state index in [0.717, 1.165) is 38.4 Å². The van der Waals surface area contributed by atoms with E-state index in [1.807, 2.05) is 18.2 Å². The fraction of sp³-hybridized carbons (Fsp3) is 0.316. The molecule has 0 radical (unpaired) electrons. The molecule has 4 nitrogen and oxygen atoms in total. The molecule has 0 aromatic heterocycles. The number of hydrogen-bond donors (Lipinski definition) is 1. The molecule has 25 heavy (non-hydrogen) atoms. The normalized spacial score (nSPS) is 15.2. The van der Waals surface area contributed by atoms with Crippen molar-refractivity contribution in [2.75, 3.05) is 42.9 Å². The van der Waals surface area contributed by atoms with Gasteiger partial charge in [-0.2, -0.15) is 0 Å². The van der Waals surface area contributed by atoms with Crippen LogP contribution in [0.5, 0.6) is 0 Å². The maximum Gasteiger partial charge on any atom is 0.255 e. The minimum Gasteiger partial charge on any atom is -0.366 e. The molecule has 3 rings (SSSR count). The lowest BCUT2D eigenvalue weighted by molar-refractivity contribution is 0.102. The Morgan fingerprint density at radius 2 is 1.80 bits per heavy atom. The van der Waals surface area contributed by atoms with Crippen molar-refractivity contribution in [2.45, 2.75) is 6.92 Å².